The van der Waals surface area contributed by atoms with Gasteiger partial charge >= 0.3 is 0 Å². The summed E-state index contributed by atoms with van der Waals surface area (Å²) in [6, 6.07) is 9.87. The molecule has 1 aliphatic rings. The van der Waals surface area contributed by atoms with Gasteiger partial charge in [0, 0.05) is 29.8 Å². The highest BCUT2D eigenvalue weighted by atomic mass is 16.6. The fraction of sp³-hybridized carbons (Fsp3) is 0.263. The number of amides is 1. The summed E-state index contributed by atoms with van der Waals surface area (Å²) < 4.78 is 0. The average Bonchev–Trinajstić information content (AvgIpc) is 2.59. The molecule has 1 aliphatic heterocycles. The molecule has 0 bridgehead atoms. The number of nitrogens with zero attached hydrogens (tertiary/aromatic N) is 2. The van der Waals surface area contributed by atoms with Crippen molar-refractivity contribution in [2.45, 2.75) is 26.7 Å². The first-order valence-corrected chi connectivity index (χ1v) is 8.05. The van der Waals surface area contributed by atoms with Gasteiger partial charge in [0.1, 0.15) is 0 Å². The van der Waals surface area contributed by atoms with Gasteiger partial charge in [0.2, 0.25) is 5.91 Å². The highest BCUT2D eigenvalue weighted by Crippen LogP contribution is 2.31. The topological polar surface area (TPSA) is 80.5 Å². The van der Waals surface area contributed by atoms with Crippen LogP contribution in [0.4, 0.5) is 11.4 Å². The second kappa shape index (κ2) is 6.47. The zero-order chi connectivity index (χ0) is 18.1. The molecule has 0 saturated heterocycles. The van der Waals surface area contributed by atoms with Crippen LogP contribution in [0.2, 0.25) is 0 Å². The Hall–Kier alpha value is -3.02. The summed E-state index contributed by atoms with van der Waals surface area (Å²) in [5.74, 6) is -0.291. The third-order valence-corrected chi connectivity index (χ3v) is 4.60. The lowest BCUT2D eigenvalue weighted by atomic mass is 9.98. The number of ketones is 1. The van der Waals surface area contributed by atoms with E-state index in [2.05, 4.69) is 0 Å². The molecule has 128 valence electrons. The molecule has 1 amide bonds. The number of anilines is 1. The molecule has 6 heteroatoms. The number of carbonyl (C=O) groups is 2. The number of non-ortho nitro benzene ring substituents is 1. The minimum Gasteiger partial charge on any atom is -0.304 e. The third-order valence-electron chi connectivity index (χ3n) is 4.60. The molecule has 1 heterocycles. The van der Waals surface area contributed by atoms with E-state index in [-0.39, 0.29) is 30.3 Å². The molecule has 0 aromatic heterocycles. The van der Waals surface area contributed by atoms with E-state index in [0.717, 1.165) is 16.7 Å². The minimum absolute atomic E-state index is 0.00599. The number of aryl methyl sites for hydroxylation is 3. The largest absolute Gasteiger partial charge is 0.304 e. The second-order valence-corrected chi connectivity index (χ2v) is 6.27. The fourth-order valence-electron chi connectivity index (χ4n) is 2.98. The van der Waals surface area contributed by atoms with E-state index in [9.17, 15) is 19.7 Å². The Morgan fingerprint density at radius 2 is 1.88 bits per heavy atom. The van der Waals surface area contributed by atoms with Gasteiger partial charge in [-0.1, -0.05) is 12.1 Å². The van der Waals surface area contributed by atoms with Gasteiger partial charge in [-0.2, -0.15) is 0 Å². The predicted octanol–water partition coefficient (Wildman–Crippen LogP) is 3.37. The molecule has 0 saturated carbocycles. The maximum absolute atomic E-state index is 12.6. The molecule has 25 heavy (non-hydrogen) atoms. The van der Waals surface area contributed by atoms with Crippen LogP contribution in [0, 0.1) is 24.0 Å². The minimum atomic E-state index is -0.457. The maximum Gasteiger partial charge on any atom is 0.269 e. The molecule has 3 rings (SSSR count). The summed E-state index contributed by atoms with van der Waals surface area (Å²) in [5.41, 5.74) is 3.98. The molecule has 2 aromatic carbocycles. The van der Waals surface area contributed by atoms with Gasteiger partial charge in [0.25, 0.3) is 5.69 Å². The van der Waals surface area contributed by atoms with Gasteiger partial charge in [-0.25, -0.2) is 0 Å². The molecule has 2 aromatic rings. The van der Waals surface area contributed by atoms with Crippen LogP contribution in [-0.4, -0.2) is 23.2 Å². The van der Waals surface area contributed by atoms with Crippen LogP contribution in [0.3, 0.4) is 0 Å². The Bertz CT molecular complexity index is 889. The molecular formula is C19H18N2O4. The summed E-state index contributed by atoms with van der Waals surface area (Å²) in [7, 11) is 0. The average molecular weight is 338 g/mol. The number of nitro groups is 1. The molecule has 0 spiro atoms. The lowest BCUT2D eigenvalue weighted by molar-refractivity contribution is -0.384. The summed E-state index contributed by atoms with van der Waals surface area (Å²) in [4.78, 5) is 36.8. The van der Waals surface area contributed by atoms with Gasteiger partial charge in [-0.15, -0.1) is 0 Å². The standard InChI is InChI=1S/C19H18N2O4/c1-12-3-4-15(9-13(12)2)18(22)11-20-17-7-6-16(21(24)25)10-14(17)5-8-19(20)23/h3-4,6-7,9-10H,5,8,11H2,1-2H3. The van der Waals surface area contributed by atoms with E-state index in [0.29, 0.717) is 17.7 Å². The summed E-state index contributed by atoms with van der Waals surface area (Å²) in [6.45, 7) is 3.85. The van der Waals surface area contributed by atoms with E-state index in [1.165, 1.54) is 17.0 Å². The lowest BCUT2D eigenvalue weighted by Gasteiger charge is -2.28. The van der Waals surface area contributed by atoms with Crippen LogP contribution in [0.5, 0.6) is 0 Å². The number of hydrogen-bond acceptors (Lipinski definition) is 4. The van der Waals surface area contributed by atoms with Gasteiger partial charge in [0.15, 0.2) is 5.78 Å². The Kier molecular flexibility index (Phi) is 4.35. The van der Waals surface area contributed by atoms with Crippen LogP contribution in [-0.2, 0) is 11.2 Å². The first-order chi connectivity index (χ1) is 11.9. The molecule has 0 fully saturated rings. The van der Waals surface area contributed by atoms with Crippen molar-refractivity contribution >= 4 is 23.1 Å². The highest BCUT2D eigenvalue weighted by molar-refractivity contribution is 6.06. The number of Topliss-reactive ketones (excluding diaryl/α,β-unsaturated/α-hetero) is 1. The van der Waals surface area contributed by atoms with Crippen molar-refractivity contribution < 1.29 is 14.5 Å². The van der Waals surface area contributed by atoms with E-state index >= 15 is 0 Å². The van der Waals surface area contributed by atoms with Crippen LogP contribution in [0.25, 0.3) is 0 Å². The molecule has 0 aliphatic carbocycles. The third kappa shape index (κ3) is 3.28. The Labute approximate surface area is 145 Å². The zero-order valence-corrected chi connectivity index (χ0v) is 14.1. The summed E-state index contributed by atoms with van der Waals surface area (Å²) in [5, 5.41) is 10.9. The normalized spacial score (nSPS) is 13.5. The van der Waals surface area contributed by atoms with Crippen molar-refractivity contribution in [2.75, 3.05) is 11.4 Å². The van der Waals surface area contributed by atoms with E-state index in [1.807, 2.05) is 26.0 Å². The summed E-state index contributed by atoms with van der Waals surface area (Å²) >= 11 is 0. The fourth-order valence-corrected chi connectivity index (χ4v) is 2.98. The van der Waals surface area contributed by atoms with E-state index in [1.54, 1.807) is 12.1 Å². The van der Waals surface area contributed by atoms with Crippen molar-refractivity contribution in [3.63, 3.8) is 0 Å². The monoisotopic (exact) mass is 338 g/mol. The van der Waals surface area contributed by atoms with Crippen molar-refractivity contribution in [3.8, 4) is 0 Å². The number of nitro benzene ring substituents is 1. The van der Waals surface area contributed by atoms with Crippen LogP contribution in [0.1, 0.15) is 33.5 Å². The van der Waals surface area contributed by atoms with Crippen molar-refractivity contribution in [1.29, 1.82) is 0 Å². The summed E-state index contributed by atoms with van der Waals surface area (Å²) in [6.07, 6.45) is 0.693. The number of fused-ring (bicyclic) bond motifs is 1. The maximum atomic E-state index is 12.6. The van der Waals surface area contributed by atoms with Crippen molar-refractivity contribution in [2.24, 2.45) is 0 Å². The molecular weight excluding hydrogens is 320 g/mol. The smallest absolute Gasteiger partial charge is 0.269 e. The molecule has 0 atom stereocenters. The first-order valence-electron chi connectivity index (χ1n) is 8.05. The van der Waals surface area contributed by atoms with E-state index in [4.69, 9.17) is 0 Å². The van der Waals surface area contributed by atoms with Gasteiger partial charge in [0.05, 0.1) is 11.5 Å². The Morgan fingerprint density at radius 3 is 2.56 bits per heavy atom. The molecule has 0 radical (unpaired) electrons. The predicted molar refractivity (Wildman–Crippen MR) is 94.0 cm³/mol. The lowest BCUT2D eigenvalue weighted by Crippen LogP contribution is -2.39. The first kappa shape index (κ1) is 16.8. The number of rotatable bonds is 4. The molecule has 0 unspecified atom stereocenters. The van der Waals surface area contributed by atoms with Gasteiger partial charge in [-0.3, -0.25) is 19.7 Å². The van der Waals surface area contributed by atoms with Gasteiger partial charge < -0.3 is 4.90 Å². The quantitative estimate of drug-likeness (QED) is 0.486. The van der Waals surface area contributed by atoms with Gasteiger partial charge in [-0.05, 0) is 49.1 Å². The molecule has 0 N–H and O–H groups in total. The Morgan fingerprint density at radius 1 is 1.12 bits per heavy atom. The Balaban J connectivity index is 1.89. The van der Waals surface area contributed by atoms with Crippen LogP contribution in [0.15, 0.2) is 36.4 Å². The SMILES string of the molecule is Cc1ccc(C(=O)CN2C(=O)CCc3cc([N+](=O)[O-])ccc32)cc1C. The highest BCUT2D eigenvalue weighted by Gasteiger charge is 2.27. The second-order valence-electron chi connectivity index (χ2n) is 6.27. The molecule has 6 nitrogen and oxygen atoms in total. The van der Waals surface area contributed by atoms with Crippen molar-refractivity contribution in [3.05, 3.63) is 68.8 Å². The number of hydrogen-bond donors (Lipinski definition) is 0. The number of carbonyl (C=O) groups excluding carboxylic acids is 2. The van der Waals surface area contributed by atoms with Crippen LogP contribution >= 0.6 is 0 Å². The van der Waals surface area contributed by atoms with Crippen LogP contribution < -0.4 is 4.90 Å². The zero-order valence-electron chi connectivity index (χ0n) is 14.1. The number of benzene rings is 2. The van der Waals surface area contributed by atoms with E-state index < -0.39 is 4.92 Å². The van der Waals surface area contributed by atoms with Crippen molar-refractivity contribution in [1.82, 2.24) is 0 Å².